The molecule has 1 fully saturated rings. The van der Waals surface area contributed by atoms with Crippen molar-refractivity contribution < 1.29 is 0 Å². The quantitative estimate of drug-likeness (QED) is 0.722. The van der Waals surface area contributed by atoms with E-state index in [1.807, 2.05) is 0 Å². The fraction of sp³-hybridized carbons (Fsp3) is 1.00. The maximum atomic E-state index is 4.46. The number of thiol groups is 1. The molecule has 0 bridgehead atoms. The summed E-state index contributed by atoms with van der Waals surface area (Å²) in [5.41, 5.74) is 0. The van der Waals surface area contributed by atoms with Crippen LogP contribution in [0.3, 0.4) is 0 Å². The number of hydrogen-bond donors (Lipinski definition) is 1. The Bertz CT molecular complexity index is 164. The molecule has 0 N–H and O–H groups in total. The first-order chi connectivity index (χ1) is 7.26. The third kappa shape index (κ3) is 5.23. The van der Waals surface area contributed by atoms with Crippen molar-refractivity contribution in [3.05, 3.63) is 0 Å². The van der Waals surface area contributed by atoms with Crippen molar-refractivity contribution in [2.45, 2.75) is 26.2 Å². The molecule has 0 aromatic heterocycles. The van der Waals surface area contributed by atoms with E-state index in [2.05, 4.69) is 36.4 Å². The summed E-state index contributed by atoms with van der Waals surface area (Å²) in [7, 11) is 2.23. The molecule has 2 nitrogen and oxygen atoms in total. The Balaban J connectivity index is 2.29. The molecule has 90 valence electrons. The van der Waals surface area contributed by atoms with Crippen LogP contribution in [-0.4, -0.2) is 55.3 Å². The Hall–Kier alpha value is 0.270. The van der Waals surface area contributed by atoms with E-state index in [4.69, 9.17) is 0 Å². The fourth-order valence-electron chi connectivity index (χ4n) is 2.30. The van der Waals surface area contributed by atoms with Gasteiger partial charge in [0, 0.05) is 19.6 Å². The number of nitrogens with zero attached hydrogens (tertiary/aromatic N) is 2. The van der Waals surface area contributed by atoms with Crippen LogP contribution in [0.1, 0.15) is 26.2 Å². The highest BCUT2D eigenvalue weighted by atomic mass is 32.1. The second-order valence-electron chi connectivity index (χ2n) is 4.79. The maximum Gasteiger partial charge on any atom is 0.0109 e. The van der Waals surface area contributed by atoms with Crippen LogP contribution in [0, 0.1) is 5.92 Å². The summed E-state index contributed by atoms with van der Waals surface area (Å²) >= 11 is 4.46. The third-order valence-electron chi connectivity index (χ3n) is 3.28. The average Bonchev–Trinajstić information content (AvgIpc) is 2.43. The zero-order valence-corrected chi connectivity index (χ0v) is 11.2. The van der Waals surface area contributed by atoms with E-state index in [9.17, 15) is 0 Å². The molecule has 1 aliphatic heterocycles. The van der Waals surface area contributed by atoms with Crippen LogP contribution in [0.4, 0.5) is 0 Å². The van der Waals surface area contributed by atoms with Crippen LogP contribution < -0.4 is 0 Å². The molecule has 0 aromatic rings. The minimum Gasteiger partial charge on any atom is -0.305 e. The number of likely N-dealkylation sites (N-methyl/N-ethyl adjacent to an activating group) is 1. The van der Waals surface area contributed by atoms with E-state index in [-0.39, 0.29) is 0 Å². The van der Waals surface area contributed by atoms with Crippen molar-refractivity contribution in [1.29, 1.82) is 0 Å². The predicted octanol–water partition coefficient (Wildman–Crippen LogP) is 1.97. The van der Waals surface area contributed by atoms with Crippen molar-refractivity contribution in [3.8, 4) is 0 Å². The van der Waals surface area contributed by atoms with E-state index < -0.39 is 0 Å². The molecular formula is C12H26N2S. The highest BCUT2D eigenvalue weighted by molar-refractivity contribution is 7.80. The van der Waals surface area contributed by atoms with Crippen LogP contribution in [-0.2, 0) is 0 Å². The van der Waals surface area contributed by atoms with Crippen molar-refractivity contribution in [2.24, 2.45) is 5.92 Å². The second-order valence-corrected chi connectivity index (χ2v) is 5.16. The van der Waals surface area contributed by atoms with Crippen molar-refractivity contribution >= 4 is 12.6 Å². The third-order valence-corrected chi connectivity index (χ3v) is 3.80. The normalized spacial score (nSPS) is 22.6. The second kappa shape index (κ2) is 7.53. The molecule has 0 amide bonds. The van der Waals surface area contributed by atoms with Gasteiger partial charge in [-0.25, -0.2) is 0 Å². The molecule has 1 atom stereocenters. The number of hydrogen-bond acceptors (Lipinski definition) is 3. The van der Waals surface area contributed by atoms with Gasteiger partial charge in [-0.1, -0.05) is 13.3 Å². The zero-order chi connectivity index (χ0) is 11.1. The summed E-state index contributed by atoms with van der Waals surface area (Å²) in [6.45, 7) is 8.53. The monoisotopic (exact) mass is 230 g/mol. The van der Waals surface area contributed by atoms with Crippen LogP contribution in [0.5, 0.6) is 0 Å². The molecule has 0 aromatic carbocycles. The van der Waals surface area contributed by atoms with Gasteiger partial charge < -0.3 is 9.80 Å². The van der Waals surface area contributed by atoms with Gasteiger partial charge >= 0.3 is 0 Å². The van der Waals surface area contributed by atoms with E-state index in [1.54, 1.807) is 0 Å². The van der Waals surface area contributed by atoms with Crippen LogP contribution >= 0.6 is 12.6 Å². The topological polar surface area (TPSA) is 6.48 Å². The summed E-state index contributed by atoms with van der Waals surface area (Å²) in [6.07, 6.45) is 3.94. The largest absolute Gasteiger partial charge is 0.305 e. The summed E-state index contributed by atoms with van der Waals surface area (Å²) in [4.78, 5) is 5.07. The Morgan fingerprint density at radius 3 is 2.67 bits per heavy atom. The Morgan fingerprint density at radius 2 is 2.00 bits per heavy atom. The van der Waals surface area contributed by atoms with Crippen LogP contribution in [0.25, 0.3) is 0 Å². The van der Waals surface area contributed by atoms with Gasteiger partial charge in [0.05, 0.1) is 0 Å². The minimum absolute atomic E-state index is 0.793. The molecule has 1 saturated heterocycles. The minimum atomic E-state index is 0.793. The van der Waals surface area contributed by atoms with E-state index in [0.29, 0.717) is 0 Å². The van der Waals surface area contributed by atoms with Gasteiger partial charge in [-0.3, -0.25) is 0 Å². The summed E-state index contributed by atoms with van der Waals surface area (Å²) in [5, 5.41) is 0. The molecule has 1 rings (SSSR count). The Kier molecular flexibility index (Phi) is 6.69. The van der Waals surface area contributed by atoms with Crippen LogP contribution in [0.15, 0.2) is 0 Å². The van der Waals surface area contributed by atoms with E-state index >= 15 is 0 Å². The van der Waals surface area contributed by atoms with Gasteiger partial charge in [-0.15, -0.1) is 0 Å². The van der Waals surface area contributed by atoms with Gasteiger partial charge in [0.2, 0.25) is 0 Å². The van der Waals surface area contributed by atoms with Crippen LogP contribution in [0.2, 0.25) is 0 Å². The zero-order valence-electron chi connectivity index (χ0n) is 10.3. The number of rotatable bonds is 5. The molecule has 3 heteroatoms. The van der Waals surface area contributed by atoms with Gasteiger partial charge in [0.15, 0.2) is 0 Å². The Labute approximate surface area is 100 Å². The molecule has 1 heterocycles. The van der Waals surface area contributed by atoms with Gasteiger partial charge in [0.25, 0.3) is 0 Å². The lowest BCUT2D eigenvalue weighted by Crippen LogP contribution is -2.33. The SMILES string of the molecule is CCCC(CS)CN1CCCN(C)CC1. The molecule has 0 saturated carbocycles. The first kappa shape index (κ1) is 13.3. The standard InChI is InChI=1S/C12H26N2S/c1-3-5-12(11-15)10-14-7-4-6-13(2)8-9-14/h12,15H,3-11H2,1-2H3. The molecule has 1 unspecified atom stereocenters. The average molecular weight is 230 g/mol. The highest BCUT2D eigenvalue weighted by Crippen LogP contribution is 2.12. The highest BCUT2D eigenvalue weighted by Gasteiger charge is 2.15. The molecule has 1 aliphatic rings. The molecule has 0 aliphatic carbocycles. The first-order valence-corrected chi connectivity index (χ1v) is 6.91. The smallest absolute Gasteiger partial charge is 0.0109 e. The van der Waals surface area contributed by atoms with Gasteiger partial charge in [-0.05, 0) is 44.6 Å². The van der Waals surface area contributed by atoms with E-state index in [0.717, 1.165) is 11.7 Å². The summed E-state index contributed by atoms with van der Waals surface area (Å²) in [6, 6.07) is 0. The Morgan fingerprint density at radius 1 is 1.20 bits per heavy atom. The fourth-order valence-corrected chi connectivity index (χ4v) is 2.59. The summed E-state index contributed by atoms with van der Waals surface area (Å²) in [5.74, 6) is 1.84. The molecule has 15 heavy (non-hydrogen) atoms. The lowest BCUT2D eigenvalue weighted by atomic mass is 10.1. The van der Waals surface area contributed by atoms with Gasteiger partial charge in [-0.2, -0.15) is 12.6 Å². The predicted molar refractivity (Wildman–Crippen MR) is 70.8 cm³/mol. The molecular weight excluding hydrogens is 204 g/mol. The maximum absolute atomic E-state index is 4.46. The first-order valence-electron chi connectivity index (χ1n) is 6.28. The van der Waals surface area contributed by atoms with Crippen molar-refractivity contribution in [3.63, 3.8) is 0 Å². The molecule has 0 spiro atoms. The lowest BCUT2D eigenvalue weighted by Gasteiger charge is -2.25. The van der Waals surface area contributed by atoms with E-state index in [1.165, 1.54) is 52.0 Å². The summed E-state index contributed by atoms with van der Waals surface area (Å²) < 4.78 is 0. The van der Waals surface area contributed by atoms with Crippen molar-refractivity contribution in [2.75, 3.05) is 45.5 Å². The van der Waals surface area contributed by atoms with Gasteiger partial charge in [0.1, 0.15) is 0 Å². The molecule has 0 radical (unpaired) electrons. The lowest BCUT2D eigenvalue weighted by molar-refractivity contribution is 0.238. The van der Waals surface area contributed by atoms with Crippen molar-refractivity contribution in [1.82, 2.24) is 9.80 Å².